The Labute approximate surface area is 121 Å². The van der Waals surface area contributed by atoms with E-state index in [2.05, 4.69) is 20.2 Å². The maximum Gasteiger partial charge on any atom is 0.225 e. The van der Waals surface area contributed by atoms with E-state index in [4.69, 9.17) is 0 Å². The van der Waals surface area contributed by atoms with Crippen molar-refractivity contribution >= 4 is 5.95 Å². The molecular weight excluding hydrogens is 274 g/mol. The van der Waals surface area contributed by atoms with Gasteiger partial charge < -0.3 is 10.2 Å². The van der Waals surface area contributed by atoms with E-state index in [0.29, 0.717) is 17.2 Å². The molecule has 4 nitrogen and oxygen atoms in total. The zero-order valence-electron chi connectivity index (χ0n) is 11.5. The second-order valence-electron chi connectivity index (χ2n) is 4.96. The van der Waals surface area contributed by atoms with Crippen molar-refractivity contribution in [2.75, 3.05) is 31.1 Å². The Hall–Kier alpha value is -2.08. The number of anilines is 1. The van der Waals surface area contributed by atoms with Crippen molar-refractivity contribution < 1.29 is 8.78 Å². The van der Waals surface area contributed by atoms with Gasteiger partial charge in [-0.3, -0.25) is 0 Å². The first-order chi connectivity index (χ1) is 10.2. The van der Waals surface area contributed by atoms with Crippen LogP contribution in [0.15, 0.2) is 30.5 Å². The van der Waals surface area contributed by atoms with Gasteiger partial charge in [0.25, 0.3) is 0 Å². The van der Waals surface area contributed by atoms with E-state index in [1.165, 1.54) is 6.07 Å². The Morgan fingerprint density at radius 2 is 1.95 bits per heavy atom. The minimum absolute atomic E-state index is 0.547. The van der Waals surface area contributed by atoms with Crippen LogP contribution in [0.25, 0.3) is 11.3 Å². The number of hydrogen-bond acceptors (Lipinski definition) is 4. The van der Waals surface area contributed by atoms with E-state index in [-0.39, 0.29) is 0 Å². The average Bonchev–Trinajstić information content (AvgIpc) is 2.79. The van der Waals surface area contributed by atoms with Gasteiger partial charge in [-0.25, -0.2) is 18.7 Å². The normalized spacial score (nSPS) is 15.8. The SMILES string of the molecule is Fc1ccc(-c2ccnc(N3CCCNCC3)n2)cc1F. The molecule has 0 saturated carbocycles. The van der Waals surface area contributed by atoms with Gasteiger partial charge in [0.05, 0.1) is 5.69 Å². The molecule has 0 aliphatic carbocycles. The van der Waals surface area contributed by atoms with Gasteiger partial charge in [0.1, 0.15) is 0 Å². The summed E-state index contributed by atoms with van der Waals surface area (Å²) in [6, 6.07) is 5.49. The zero-order chi connectivity index (χ0) is 14.7. The number of benzene rings is 1. The molecule has 6 heteroatoms. The van der Waals surface area contributed by atoms with Crippen LogP contribution in [-0.2, 0) is 0 Å². The Kier molecular flexibility index (Phi) is 4.06. The van der Waals surface area contributed by atoms with Gasteiger partial charge in [-0.15, -0.1) is 0 Å². The first-order valence-electron chi connectivity index (χ1n) is 6.98. The Bertz CT molecular complexity index is 625. The molecule has 1 aromatic heterocycles. The summed E-state index contributed by atoms with van der Waals surface area (Å²) >= 11 is 0. The Morgan fingerprint density at radius 3 is 2.81 bits per heavy atom. The molecule has 0 atom stereocenters. The van der Waals surface area contributed by atoms with Crippen LogP contribution in [-0.4, -0.2) is 36.1 Å². The van der Waals surface area contributed by atoms with Crippen LogP contribution in [0.4, 0.5) is 14.7 Å². The third-order valence-electron chi connectivity index (χ3n) is 3.48. The molecule has 3 rings (SSSR count). The van der Waals surface area contributed by atoms with E-state index < -0.39 is 11.6 Å². The largest absolute Gasteiger partial charge is 0.339 e. The number of halogens is 2. The van der Waals surface area contributed by atoms with Crippen LogP contribution >= 0.6 is 0 Å². The van der Waals surface area contributed by atoms with E-state index >= 15 is 0 Å². The fourth-order valence-electron chi connectivity index (χ4n) is 2.36. The highest BCUT2D eigenvalue weighted by atomic mass is 19.2. The lowest BCUT2D eigenvalue weighted by atomic mass is 10.1. The topological polar surface area (TPSA) is 41.1 Å². The number of nitrogens with zero attached hydrogens (tertiary/aromatic N) is 3. The van der Waals surface area contributed by atoms with Crippen molar-refractivity contribution in [1.82, 2.24) is 15.3 Å². The molecule has 0 unspecified atom stereocenters. The van der Waals surface area contributed by atoms with Gasteiger partial charge in [0.2, 0.25) is 5.95 Å². The quantitative estimate of drug-likeness (QED) is 0.921. The molecule has 2 heterocycles. The lowest BCUT2D eigenvalue weighted by molar-refractivity contribution is 0.509. The molecule has 1 aliphatic heterocycles. The highest BCUT2D eigenvalue weighted by Crippen LogP contribution is 2.21. The maximum atomic E-state index is 13.3. The fraction of sp³-hybridized carbons (Fsp3) is 0.333. The summed E-state index contributed by atoms with van der Waals surface area (Å²) in [7, 11) is 0. The maximum absolute atomic E-state index is 13.3. The molecule has 1 aliphatic rings. The molecule has 1 N–H and O–H groups in total. The van der Waals surface area contributed by atoms with Gasteiger partial charge in [-0.05, 0) is 37.2 Å². The Balaban J connectivity index is 1.89. The van der Waals surface area contributed by atoms with E-state index in [0.717, 1.165) is 44.7 Å². The molecule has 0 spiro atoms. The van der Waals surface area contributed by atoms with E-state index in [9.17, 15) is 8.78 Å². The molecule has 0 radical (unpaired) electrons. The number of aromatic nitrogens is 2. The van der Waals surface area contributed by atoms with Gasteiger partial charge in [-0.1, -0.05) is 0 Å². The van der Waals surface area contributed by atoms with Crippen LogP contribution < -0.4 is 10.2 Å². The van der Waals surface area contributed by atoms with Gasteiger partial charge in [0, 0.05) is 31.4 Å². The predicted octanol–water partition coefficient (Wildman–Crippen LogP) is 2.22. The first-order valence-corrected chi connectivity index (χ1v) is 6.98. The van der Waals surface area contributed by atoms with Crippen molar-refractivity contribution in [1.29, 1.82) is 0 Å². The summed E-state index contributed by atoms with van der Waals surface area (Å²) in [6.45, 7) is 3.59. The number of rotatable bonds is 2. The third-order valence-corrected chi connectivity index (χ3v) is 3.48. The molecule has 21 heavy (non-hydrogen) atoms. The smallest absolute Gasteiger partial charge is 0.225 e. The van der Waals surface area contributed by atoms with E-state index in [1.807, 2.05) is 0 Å². The molecule has 2 aromatic rings. The number of nitrogens with one attached hydrogen (secondary N) is 1. The molecule has 110 valence electrons. The summed E-state index contributed by atoms with van der Waals surface area (Å²) in [5.41, 5.74) is 1.14. The van der Waals surface area contributed by atoms with Crippen LogP contribution in [0.3, 0.4) is 0 Å². The summed E-state index contributed by atoms with van der Waals surface area (Å²) < 4.78 is 26.3. The zero-order valence-corrected chi connectivity index (χ0v) is 11.5. The highest BCUT2D eigenvalue weighted by Gasteiger charge is 2.13. The van der Waals surface area contributed by atoms with Gasteiger partial charge in [0.15, 0.2) is 11.6 Å². The van der Waals surface area contributed by atoms with E-state index in [1.54, 1.807) is 12.3 Å². The molecule has 1 saturated heterocycles. The minimum Gasteiger partial charge on any atom is -0.339 e. The second kappa shape index (κ2) is 6.13. The van der Waals surface area contributed by atoms with Crippen molar-refractivity contribution in [3.8, 4) is 11.3 Å². The monoisotopic (exact) mass is 290 g/mol. The van der Waals surface area contributed by atoms with Crippen LogP contribution in [0.1, 0.15) is 6.42 Å². The fourth-order valence-corrected chi connectivity index (χ4v) is 2.36. The molecule has 0 amide bonds. The highest BCUT2D eigenvalue weighted by molar-refractivity contribution is 5.60. The Morgan fingerprint density at radius 1 is 1.05 bits per heavy atom. The van der Waals surface area contributed by atoms with Crippen molar-refractivity contribution in [2.45, 2.75) is 6.42 Å². The lowest BCUT2D eigenvalue weighted by Crippen LogP contribution is -2.29. The summed E-state index contributed by atoms with van der Waals surface area (Å²) in [5, 5.41) is 3.32. The molecular formula is C15H16F2N4. The predicted molar refractivity (Wildman–Crippen MR) is 77.1 cm³/mol. The summed E-state index contributed by atoms with van der Waals surface area (Å²) in [5.74, 6) is -1.10. The molecule has 1 fully saturated rings. The molecule has 1 aromatic carbocycles. The average molecular weight is 290 g/mol. The van der Waals surface area contributed by atoms with Crippen molar-refractivity contribution in [3.63, 3.8) is 0 Å². The second-order valence-corrected chi connectivity index (χ2v) is 4.96. The third kappa shape index (κ3) is 3.16. The van der Waals surface area contributed by atoms with Gasteiger partial charge in [-0.2, -0.15) is 0 Å². The molecule has 0 bridgehead atoms. The van der Waals surface area contributed by atoms with Crippen LogP contribution in [0.2, 0.25) is 0 Å². The standard InChI is InChI=1S/C15H16F2N4/c16-12-3-2-11(10-13(12)17)14-4-6-19-15(20-14)21-8-1-5-18-7-9-21/h2-4,6,10,18H,1,5,7-9H2. The van der Waals surface area contributed by atoms with Crippen LogP contribution in [0, 0.1) is 11.6 Å². The first kappa shape index (κ1) is 13.9. The van der Waals surface area contributed by atoms with Gasteiger partial charge >= 0.3 is 0 Å². The lowest BCUT2D eigenvalue weighted by Gasteiger charge is -2.20. The van der Waals surface area contributed by atoms with Crippen molar-refractivity contribution in [3.05, 3.63) is 42.1 Å². The minimum atomic E-state index is -0.869. The summed E-state index contributed by atoms with van der Waals surface area (Å²) in [6.07, 6.45) is 2.68. The van der Waals surface area contributed by atoms with Crippen molar-refractivity contribution in [2.24, 2.45) is 0 Å². The summed E-state index contributed by atoms with van der Waals surface area (Å²) in [4.78, 5) is 10.9. The number of hydrogen-bond donors (Lipinski definition) is 1. The van der Waals surface area contributed by atoms with Crippen LogP contribution in [0.5, 0.6) is 0 Å².